The van der Waals surface area contributed by atoms with Gasteiger partial charge in [0.15, 0.2) is 0 Å². The summed E-state index contributed by atoms with van der Waals surface area (Å²) in [7, 11) is 0. The maximum atomic E-state index is 5.89. The summed E-state index contributed by atoms with van der Waals surface area (Å²) in [5.74, 6) is 0. The normalized spacial score (nSPS) is 13.2. The van der Waals surface area contributed by atoms with Crippen molar-refractivity contribution in [3.8, 4) is 0 Å². The van der Waals surface area contributed by atoms with E-state index in [0.29, 0.717) is 0 Å². The van der Waals surface area contributed by atoms with Gasteiger partial charge >= 0.3 is 0 Å². The van der Waals surface area contributed by atoms with E-state index < -0.39 is 0 Å². The minimum absolute atomic E-state index is 0.00238. The van der Waals surface area contributed by atoms with Crippen LogP contribution < -0.4 is 0 Å². The number of aromatic nitrogens is 2. The van der Waals surface area contributed by atoms with Crippen LogP contribution in [0, 0.1) is 0 Å². The van der Waals surface area contributed by atoms with Crippen molar-refractivity contribution < 1.29 is 0 Å². The van der Waals surface area contributed by atoms with Crippen molar-refractivity contribution in [1.82, 2.24) is 10.2 Å². The van der Waals surface area contributed by atoms with Crippen LogP contribution in [0.4, 0.5) is 0 Å². The van der Waals surface area contributed by atoms with Gasteiger partial charge in [-0.25, -0.2) is 0 Å². The lowest BCUT2D eigenvalue weighted by molar-refractivity contribution is 0.709. The van der Waals surface area contributed by atoms with Crippen LogP contribution >= 0.6 is 22.9 Å². The smallest absolute Gasteiger partial charge is 0.135 e. The zero-order valence-electron chi connectivity index (χ0n) is 8.09. The Bertz CT molecular complexity index is 248. The minimum Gasteiger partial charge on any atom is -0.144 e. The highest BCUT2D eigenvalue weighted by Crippen LogP contribution is 2.23. The summed E-state index contributed by atoms with van der Waals surface area (Å²) in [6.07, 6.45) is 4.78. The fraction of sp³-hybridized carbons (Fsp3) is 0.778. The van der Waals surface area contributed by atoms with E-state index in [0.717, 1.165) is 16.4 Å². The van der Waals surface area contributed by atoms with Crippen LogP contribution in [0.25, 0.3) is 0 Å². The Morgan fingerprint density at radius 2 is 2.15 bits per heavy atom. The molecule has 1 atom stereocenters. The molecule has 2 nitrogen and oxygen atoms in total. The fourth-order valence-corrected chi connectivity index (χ4v) is 2.05. The Hall–Kier alpha value is -0.150. The largest absolute Gasteiger partial charge is 0.144 e. The quantitative estimate of drug-likeness (QED) is 0.558. The highest BCUT2D eigenvalue weighted by Gasteiger charge is 2.08. The van der Waals surface area contributed by atoms with Crippen LogP contribution in [0.3, 0.4) is 0 Å². The first-order chi connectivity index (χ1) is 6.24. The summed E-state index contributed by atoms with van der Waals surface area (Å²) in [5, 5.41) is 10.2. The van der Waals surface area contributed by atoms with Gasteiger partial charge in [-0.1, -0.05) is 31.1 Å². The summed E-state index contributed by atoms with van der Waals surface area (Å²) in [4.78, 5) is 0. The number of alkyl halides is 1. The Morgan fingerprint density at radius 1 is 1.38 bits per heavy atom. The Morgan fingerprint density at radius 3 is 2.69 bits per heavy atom. The van der Waals surface area contributed by atoms with Crippen molar-refractivity contribution in [2.45, 2.75) is 44.9 Å². The number of hydrogen-bond acceptors (Lipinski definition) is 3. The van der Waals surface area contributed by atoms with E-state index in [-0.39, 0.29) is 5.38 Å². The van der Waals surface area contributed by atoms with E-state index in [2.05, 4.69) is 17.1 Å². The van der Waals surface area contributed by atoms with Gasteiger partial charge in [-0.15, -0.1) is 21.8 Å². The topological polar surface area (TPSA) is 25.8 Å². The average molecular weight is 219 g/mol. The third-order valence-corrected chi connectivity index (χ3v) is 3.32. The van der Waals surface area contributed by atoms with Crippen LogP contribution in [0.1, 0.15) is 48.5 Å². The lowest BCUT2D eigenvalue weighted by Gasteiger charge is -1.93. The van der Waals surface area contributed by atoms with Gasteiger partial charge in [0.1, 0.15) is 10.0 Å². The lowest BCUT2D eigenvalue weighted by Crippen LogP contribution is -1.83. The van der Waals surface area contributed by atoms with Crippen molar-refractivity contribution in [2.75, 3.05) is 0 Å². The second-order valence-corrected chi connectivity index (χ2v) is 4.86. The molecule has 0 fully saturated rings. The standard InChI is InChI=1S/C9H15ClN2S/c1-3-4-5-6-8-11-12-9(13-8)7(2)10/h7H,3-6H2,1-2H3. The van der Waals surface area contributed by atoms with Crippen LogP contribution in [-0.4, -0.2) is 10.2 Å². The molecule has 1 aromatic heterocycles. The molecule has 1 aromatic rings. The molecule has 4 heteroatoms. The second kappa shape index (κ2) is 5.55. The molecule has 0 aromatic carbocycles. The highest BCUT2D eigenvalue weighted by molar-refractivity contribution is 7.11. The summed E-state index contributed by atoms with van der Waals surface area (Å²) < 4.78 is 0. The molecule has 1 heterocycles. The number of hydrogen-bond donors (Lipinski definition) is 0. The van der Waals surface area contributed by atoms with E-state index in [1.807, 2.05) is 6.92 Å². The predicted octanol–water partition coefficient (Wildman–Crippen LogP) is 3.57. The molecule has 1 unspecified atom stereocenters. The van der Waals surface area contributed by atoms with Gasteiger partial charge in [-0.3, -0.25) is 0 Å². The summed E-state index contributed by atoms with van der Waals surface area (Å²) in [6.45, 7) is 4.13. The van der Waals surface area contributed by atoms with Crippen molar-refractivity contribution in [1.29, 1.82) is 0 Å². The first-order valence-electron chi connectivity index (χ1n) is 4.70. The maximum Gasteiger partial charge on any atom is 0.135 e. The van der Waals surface area contributed by atoms with Gasteiger partial charge in [0.2, 0.25) is 0 Å². The van der Waals surface area contributed by atoms with Crippen molar-refractivity contribution in [3.05, 3.63) is 10.0 Å². The lowest BCUT2D eigenvalue weighted by atomic mass is 10.2. The molecule has 0 amide bonds. The first kappa shape index (κ1) is 10.9. The Kier molecular flexibility index (Phi) is 4.67. The third kappa shape index (κ3) is 3.61. The second-order valence-electron chi connectivity index (χ2n) is 3.11. The molecule has 0 aliphatic rings. The van der Waals surface area contributed by atoms with Crippen molar-refractivity contribution >= 4 is 22.9 Å². The van der Waals surface area contributed by atoms with E-state index in [1.165, 1.54) is 19.3 Å². The highest BCUT2D eigenvalue weighted by atomic mass is 35.5. The minimum atomic E-state index is -0.00238. The van der Waals surface area contributed by atoms with Crippen LogP contribution in [-0.2, 0) is 6.42 Å². The van der Waals surface area contributed by atoms with Gasteiger partial charge in [0, 0.05) is 6.42 Å². The molecule has 0 aliphatic carbocycles. The maximum absolute atomic E-state index is 5.89. The molecule has 0 N–H and O–H groups in total. The molecule has 0 bridgehead atoms. The van der Waals surface area contributed by atoms with Gasteiger partial charge in [-0.2, -0.15) is 0 Å². The summed E-state index contributed by atoms with van der Waals surface area (Å²) in [5.41, 5.74) is 0. The van der Waals surface area contributed by atoms with E-state index >= 15 is 0 Å². The molecule has 1 rings (SSSR count). The summed E-state index contributed by atoms with van der Waals surface area (Å²) in [6, 6.07) is 0. The number of halogens is 1. The fourth-order valence-electron chi connectivity index (χ4n) is 1.05. The van der Waals surface area contributed by atoms with Gasteiger partial charge in [-0.05, 0) is 13.3 Å². The third-order valence-electron chi connectivity index (χ3n) is 1.82. The molecule has 0 saturated heterocycles. The number of rotatable bonds is 5. The molecule has 0 spiro atoms. The molecule has 0 saturated carbocycles. The SMILES string of the molecule is CCCCCc1nnc(C(C)Cl)s1. The predicted molar refractivity (Wildman–Crippen MR) is 57.4 cm³/mol. The molecule has 13 heavy (non-hydrogen) atoms. The van der Waals surface area contributed by atoms with Gasteiger partial charge in [0.05, 0.1) is 5.38 Å². The van der Waals surface area contributed by atoms with Crippen LogP contribution in [0.5, 0.6) is 0 Å². The zero-order chi connectivity index (χ0) is 9.68. The molecule has 0 aliphatic heterocycles. The number of unbranched alkanes of at least 4 members (excludes halogenated alkanes) is 2. The van der Waals surface area contributed by atoms with Crippen molar-refractivity contribution in [3.63, 3.8) is 0 Å². The molecular formula is C9H15ClN2S. The monoisotopic (exact) mass is 218 g/mol. The number of nitrogens with zero attached hydrogens (tertiary/aromatic N) is 2. The number of aryl methyl sites for hydroxylation is 1. The summed E-state index contributed by atoms with van der Waals surface area (Å²) >= 11 is 7.52. The van der Waals surface area contributed by atoms with E-state index in [4.69, 9.17) is 11.6 Å². The van der Waals surface area contributed by atoms with Gasteiger partial charge < -0.3 is 0 Å². The average Bonchev–Trinajstić information content (AvgIpc) is 2.53. The van der Waals surface area contributed by atoms with Crippen molar-refractivity contribution in [2.24, 2.45) is 0 Å². The van der Waals surface area contributed by atoms with E-state index in [1.54, 1.807) is 11.3 Å². The van der Waals surface area contributed by atoms with Crippen LogP contribution in [0.15, 0.2) is 0 Å². The Labute approximate surface area is 88.3 Å². The Balaban J connectivity index is 2.40. The molecular weight excluding hydrogens is 204 g/mol. The van der Waals surface area contributed by atoms with E-state index in [9.17, 15) is 0 Å². The molecule has 0 radical (unpaired) electrons. The first-order valence-corrected chi connectivity index (χ1v) is 5.95. The van der Waals surface area contributed by atoms with Crippen LogP contribution in [0.2, 0.25) is 0 Å². The molecule has 74 valence electrons. The zero-order valence-corrected chi connectivity index (χ0v) is 9.66. The van der Waals surface area contributed by atoms with Gasteiger partial charge in [0.25, 0.3) is 0 Å².